The van der Waals surface area contributed by atoms with E-state index in [9.17, 15) is 4.79 Å². The highest BCUT2D eigenvalue weighted by Gasteiger charge is 2.35. The quantitative estimate of drug-likeness (QED) is 0.886. The van der Waals surface area contributed by atoms with Gasteiger partial charge in [0.25, 0.3) is 0 Å². The van der Waals surface area contributed by atoms with Gasteiger partial charge in [-0.25, -0.2) is 4.98 Å². The molecule has 21 heavy (non-hydrogen) atoms. The van der Waals surface area contributed by atoms with Crippen molar-refractivity contribution >= 4 is 17.7 Å². The first kappa shape index (κ1) is 13.5. The smallest absolute Gasteiger partial charge is 0.248 e. The molecule has 1 aliphatic rings. The number of nitrogens with one attached hydrogen (secondary N) is 2. The molecular weight excluding hydrogens is 268 g/mol. The summed E-state index contributed by atoms with van der Waals surface area (Å²) < 4.78 is 0. The number of hydrogen-bond acceptors (Lipinski definition) is 5. The minimum atomic E-state index is -0.0918. The molecule has 0 spiro atoms. The maximum absolute atomic E-state index is 12.4. The fourth-order valence-corrected chi connectivity index (χ4v) is 2.64. The summed E-state index contributed by atoms with van der Waals surface area (Å²) in [4.78, 5) is 22.9. The number of aromatic nitrogens is 4. The lowest BCUT2D eigenvalue weighted by Crippen LogP contribution is -2.29. The Labute approximate surface area is 122 Å². The van der Waals surface area contributed by atoms with Crippen LogP contribution in [0.5, 0.6) is 0 Å². The van der Waals surface area contributed by atoms with Crippen molar-refractivity contribution in [3.8, 4) is 0 Å². The number of pyridine rings is 1. The Morgan fingerprint density at radius 2 is 2.29 bits per heavy atom. The Morgan fingerprint density at radius 1 is 1.43 bits per heavy atom. The second kappa shape index (κ2) is 5.51. The van der Waals surface area contributed by atoms with Crippen LogP contribution in [0.2, 0.25) is 0 Å². The van der Waals surface area contributed by atoms with Crippen LogP contribution < -0.4 is 10.2 Å². The Balaban J connectivity index is 1.67. The van der Waals surface area contributed by atoms with Crippen LogP contribution in [0.25, 0.3) is 0 Å². The van der Waals surface area contributed by atoms with Crippen LogP contribution >= 0.6 is 0 Å². The third-order valence-electron chi connectivity index (χ3n) is 3.75. The van der Waals surface area contributed by atoms with Gasteiger partial charge in [0, 0.05) is 19.3 Å². The molecule has 3 heterocycles. The fraction of sp³-hybridized carbons (Fsp3) is 0.429. The van der Waals surface area contributed by atoms with Crippen molar-refractivity contribution in [2.45, 2.75) is 13.8 Å². The van der Waals surface area contributed by atoms with Gasteiger partial charge in [-0.05, 0) is 25.0 Å². The molecule has 1 saturated heterocycles. The van der Waals surface area contributed by atoms with Crippen molar-refractivity contribution in [3.63, 3.8) is 0 Å². The number of aromatic amines is 1. The predicted octanol–water partition coefficient (Wildman–Crippen LogP) is 1.22. The predicted molar refractivity (Wildman–Crippen MR) is 78.9 cm³/mol. The first-order valence-corrected chi connectivity index (χ1v) is 6.99. The van der Waals surface area contributed by atoms with Gasteiger partial charge in [-0.1, -0.05) is 13.0 Å². The highest BCUT2D eigenvalue weighted by atomic mass is 16.2. The van der Waals surface area contributed by atoms with E-state index in [0.717, 1.165) is 12.4 Å². The first-order valence-electron chi connectivity index (χ1n) is 6.99. The van der Waals surface area contributed by atoms with Crippen molar-refractivity contribution in [3.05, 3.63) is 30.2 Å². The number of H-pyrrole nitrogens is 1. The zero-order valence-electron chi connectivity index (χ0n) is 12.1. The minimum absolute atomic E-state index is 0.0417. The molecule has 110 valence electrons. The van der Waals surface area contributed by atoms with E-state index in [2.05, 4.69) is 37.3 Å². The first-order chi connectivity index (χ1) is 10.1. The number of carbonyl (C=O) groups excluding carboxylic acids is 1. The molecule has 1 aliphatic heterocycles. The molecule has 3 rings (SSSR count). The SMILES string of the molecule is Cc1nc(NC(=O)[C@@H]2CN(c3ccccn3)C[C@H]2C)n[nH]1. The third kappa shape index (κ3) is 2.86. The lowest BCUT2D eigenvalue weighted by Gasteiger charge is -2.16. The number of aryl methyl sites for hydroxylation is 1. The van der Waals surface area contributed by atoms with E-state index in [1.807, 2.05) is 18.2 Å². The maximum Gasteiger partial charge on any atom is 0.248 e. The van der Waals surface area contributed by atoms with Crippen LogP contribution in [-0.2, 0) is 4.79 Å². The van der Waals surface area contributed by atoms with Gasteiger partial charge < -0.3 is 4.90 Å². The monoisotopic (exact) mass is 286 g/mol. The number of nitrogens with zero attached hydrogens (tertiary/aromatic N) is 4. The molecule has 1 fully saturated rings. The number of hydrogen-bond donors (Lipinski definition) is 2. The summed E-state index contributed by atoms with van der Waals surface area (Å²) in [6.45, 7) is 5.36. The molecule has 7 nitrogen and oxygen atoms in total. The molecule has 2 aromatic rings. The van der Waals surface area contributed by atoms with Gasteiger partial charge in [0.1, 0.15) is 11.6 Å². The maximum atomic E-state index is 12.4. The molecule has 0 unspecified atom stereocenters. The van der Waals surface area contributed by atoms with Gasteiger partial charge in [0.15, 0.2) is 0 Å². The van der Waals surface area contributed by atoms with Crippen molar-refractivity contribution in [2.75, 3.05) is 23.3 Å². The molecule has 0 saturated carbocycles. The number of rotatable bonds is 3. The van der Waals surface area contributed by atoms with Crippen molar-refractivity contribution in [1.82, 2.24) is 20.2 Å². The van der Waals surface area contributed by atoms with Crippen molar-refractivity contribution in [1.29, 1.82) is 0 Å². The molecule has 2 N–H and O–H groups in total. The molecule has 0 bridgehead atoms. The summed E-state index contributed by atoms with van der Waals surface area (Å²) >= 11 is 0. The number of carbonyl (C=O) groups is 1. The fourth-order valence-electron chi connectivity index (χ4n) is 2.64. The van der Waals surface area contributed by atoms with Gasteiger partial charge in [0.2, 0.25) is 11.9 Å². The summed E-state index contributed by atoms with van der Waals surface area (Å²) in [5.74, 6) is 2.05. The number of amides is 1. The van der Waals surface area contributed by atoms with E-state index < -0.39 is 0 Å². The van der Waals surface area contributed by atoms with E-state index in [-0.39, 0.29) is 17.7 Å². The van der Waals surface area contributed by atoms with Crippen molar-refractivity contribution in [2.24, 2.45) is 11.8 Å². The lowest BCUT2D eigenvalue weighted by atomic mass is 9.97. The highest BCUT2D eigenvalue weighted by Crippen LogP contribution is 2.27. The van der Waals surface area contributed by atoms with Crippen LogP contribution in [-0.4, -0.2) is 39.2 Å². The summed E-state index contributed by atoms with van der Waals surface area (Å²) in [5.41, 5.74) is 0. The van der Waals surface area contributed by atoms with Gasteiger partial charge >= 0.3 is 0 Å². The molecule has 0 radical (unpaired) electrons. The summed E-state index contributed by atoms with van der Waals surface area (Å²) in [6.07, 6.45) is 1.77. The lowest BCUT2D eigenvalue weighted by molar-refractivity contribution is -0.120. The van der Waals surface area contributed by atoms with Crippen LogP contribution in [0.15, 0.2) is 24.4 Å². The average molecular weight is 286 g/mol. The van der Waals surface area contributed by atoms with Gasteiger partial charge in [-0.2, -0.15) is 4.98 Å². The van der Waals surface area contributed by atoms with Gasteiger partial charge in [-0.15, -0.1) is 5.10 Å². The Hall–Kier alpha value is -2.44. The van der Waals surface area contributed by atoms with Crippen LogP contribution in [0, 0.1) is 18.8 Å². The second-order valence-electron chi connectivity index (χ2n) is 5.41. The van der Waals surface area contributed by atoms with Gasteiger partial charge in [0.05, 0.1) is 5.92 Å². The summed E-state index contributed by atoms with van der Waals surface area (Å²) in [7, 11) is 0. The summed E-state index contributed by atoms with van der Waals surface area (Å²) in [6, 6.07) is 5.81. The van der Waals surface area contributed by atoms with E-state index in [4.69, 9.17) is 0 Å². The zero-order chi connectivity index (χ0) is 14.8. The minimum Gasteiger partial charge on any atom is -0.356 e. The highest BCUT2D eigenvalue weighted by molar-refractivity contribution is 5.92. The Bertz CT molecular complexity index is 625. The molecular formula is C14H18N6O. The van der Waals surface area contributed by atoms with E-state index in [1.54, 1.807) is 13.1 Å². The average Bonchev–Trinajstić information content (AvgIpc) is 3.06. The molecule has 0 aromatic carbocycles. The molecule has 2 aromatic heterocycles. The standard InChI is InChI=1S/C14H18N6O/c1-9-7-20(12-5-3-4-6-15-12)8-11(9)13(21)17-14-16-10(2)18-19-14/h3-6,9,11H,7-8H2,1-2H3,(H2,16,17,18,19,21)/t9-,11-/m1/s1. The summed E-state index contributed by atoms with van der Waals surface area (Å²) in [5, 5.41) is 9.42. The van der Waals surface area contributed by atoms with Crippen LogP contribution in [0.3, 0.4) is 0 Å². The molecule has 1 amide bonds. The molecule has 0 aliphatic carbocycles. The van der Waals surface area contributed by atoms with E-state index in [0.29, 0.717) is 18.3 Å². The molecule has 2 atom stereocenters. The Morgan fingerprint density at radius 3 is 2.95 bits per heavy atom. The molecule has 7 heteroatoms. The topological polar surface area (TPSA) is 86.8 Å². The van der Waals surface area contributed by atoms with Crippen LogP contribution in [0.4, 0.5) is 11.8 Å². The Kier molecular flexibility index (Phi) is 3.55. The van der Waals surface area contributed by atoms with Crippen molar-refractivity contribution < 1.29 is 4.79 Å². The normalized spacial score (nSPS) is 21.5. The van der Waals surface area contributed by atoms with Gasteiger partial charge in [-0.3, -0.25) is 15.2 Å². The third-order valence-corrected chi connectivity index (χ3v) is 3.75. The second-order valence-corrected chi connectivity index (χ2v) is 5.41. The van der Waals surface area contributed by atoms with E-state index in [1.165, 1.54) is 0 Å². The zero-order valence-corrected chi connectivity index (χ0v) is 12.1. The number of anilines is 2. The largest absolute Gasteiger partial charge is 0.356 e. The van der Waals surface area contributed by atoms with E-state index >= 15 is 0 Å². The van der Waals surface area contributed by atoms with Crippen LogP contribution in [0.1, 0.15) is 12.7 Å².